The van der Waals surface area contributed by atoms with Crippen LogP contribution in [-0.4, -0.2) is 0 Å². The van der Waals surface area contributed by atoms with Gasteiger partial charge in [-0.3, -0.25) is 0 Å². The van der Waals surface area contributed by atoms with Gasteiger partial charge in [-0.2, -0.15) is 10.2 Å². The van der Waals surface area contributed by atoms with Gasteiger partial charge in [-0.25, -0.2) is 8.78 Å². The first-order valence-corrected chi connectivity index (χ1v) is 10.2. The molecule has 0 heterocycles. The van der Waals surface area contributed by atoms with E-state index in [-0.39, 0.29) is 5.56 Å². The Morgan fingerprint density at radius 3 is 1.70 bits per heavy atom. The van der Waals surface area contributed by atoms with E-state index < -0.39 is 11.6 Å². The Labute approximate surface area is 176 Å². The fraction of sp³-hybridized carbons (Fsp3) is 0.231. The van der Waals surface area contributed by atoms with Gasteiger partial charge in [0.05, 0.1) is 16.9 Å². The number of nitrogens with zero attached hydrogens (tertiary/aromatic N) is 2. The van der Waals surface area contributed by atoms with E-state index in [4.69, 9.17) is 0 Å². The summed E-state index contributed by atoms with van der Waals surface area (Å²) in [5, 5.41) is 8.46. The van der Waals surface area contributed by atoms with Gasteiger partial charge in [0.1, 0.15) is 11.6 Å². The third-order valence-corrected chi connectivity index (χ3v) is 4.60. The van der Waals surface area contributed by atoms with E-state index in [0.717, 1.165) is 24.9 Å². The van der Waals surface area contributed by atoms with Crippen molar-refractivity contribution in [3.05, 3.63) is 94.6 Å². The summed E-state index contributed by atoms with van der Waals surface area (Å²) in [6.45, 7) is 4.12. The van der Waals surface area contributed by atoms with Crippen molar-refractivity contribution >= 4 is 11.4 Å². The SMILES string of the molecule is CCCc1ccc(N=Nc2ccc(C#Cc3c(F)cc(CCC)cc3F)cc2)cc1. The van der Waals surface area contributed by atoms with Crippen LogP contribution < -0.4 is 0 Å². The standard InChI is InChI=1S/C26H24F2N2/c1-3-5-19-7-12-22(13-8-19)29-30-23-14-9-20(10-15-23)11-16-24-25(27)17-21(6-4-2)18-26(24)28/h7-10,12-15,17-18H,3-6H2,1-2H3. The van der Waals surface area contributed by atoms with Crippen LogP contribution in [0.1, 0.15) is 48.9 Å². The summed E-state index contributed by atoms with van der Waals surface area (Å²) in [6, 6.07) is 17.8. The van der Waals surface area contributed by atoms with Crippen molar-refractivity contribution in [1.29, 1.82) is 0 Å². The number of azo groups is 1. The number of rotatable bonds is 6. The molecule has 2 nitrogen and oxygen atoms in total. The highest BCUT2D eigenvalue weighted by Crippen LogP contribution is 2.20. The molecule has 0 atom stereocenters. The van der Waals surface area contributed by atoms with Gasteiger partial charge in [-0.05, 0) is 72.5 Å². The summed E-state index contributed by atoms with van der Waals surface area (Å²) in [5.41, 5.74) is 3.84. The van der Waals surface area contributed by atoms with Crippen LogP contribution in [0.15, 0.2) is 70.9 Å². The molecule has 0 N–H and O–H groups in total. The molecule has 3 aromatic rings. The smallest absolute Gasteiger partial charge is 0.142 e. The fourth-order valence-corrected chi connectivity index (χ4v) is 3.06. The van der Waals surface area contributed by atoms with E-state index in [9.17, 15) is 8.78 Å². The Bertz CT molecular complexity index is 1050. The zero-order chi connectivity index (χ0) is 21.3. The highest BCUT2D eigenvalue weighted by molar-refractivity contribution is 5.49. The zero-order valence-electron chi connectivity index (χ0n) is 17.3. The molecule has 0 saturated carbocycles. The van der Waals surface area contributed by atoms with Crippen molar-refractivity contribution in [3.8, 4) is 11.8 Å². The minimum Gasteiger partial charge on any atom is -0.206 e. The summed E-state index contributed by atoms with van der Waals surface area (Å²) in [4.78, 5) is 0. The van der Waals surface area contributed by atoms with Crippen LogP contribution in [0.3, 0.4) is 0 Å². The van der Waals surface area contributed by atoms with Crippen molar-refractivity contribution in [2.24, 2.45) is 10.2 Å². The maximum Gasteiger partial charge on any atom is 0.142 e. The highest BCUT2D eigenvalue weighted by atomic mass is 19.1. The maximum atomic E-state index is 14.2. The Morgan fingerprint density at radius 2 is 1.17 bits per heavy atom. The second-order valence-electron chi connectivity index (χ2n) is 7.10. The van der Waals surface area contributed by atoms with Crippen molar-refractivity contribution < 1.29 is 8.78 Å². The quantitative estimate of drug-likeness (QED) is 0.298. The minimum atomic E-state index is -0.624. The number of benzene rings is 3. The number of hydrogen-bond acceptors (Lipinski definition) is 2. The lowest BCUT2D eigenvalue weighted by molar-refractivity contribution is 0.573. The number of hydrogen-bond donors (Lipinski definition) is 0. The van der Waals surface area contributed by atoms with E-state index in [1.165, 1.54) is 17.7 Å². The van der Waals surface area contributed by atoms with E-state index in [2.05, 4.69) is 41.1 Å². The molecule has 0 aromatic heterocycles. The molecule has 3 rings (SSSR count). The molecule has 30 heavy (non-hydrogen) atoms. The van der Waals surface area contributed by atoms with Crippen LogP contribution in [0, 0.1) is 23.5 Å². The first-order chi connectivity index (χ1) is 14.6. The second kappa shape index (κ2) is 10.5. The van der Waals surface area contributed by atoms with E-state index in [1.54, 1.807) is 24.3 Å². The van der Waals surface area contributed by atoms with Crippen LogP contribution in [-0.2, 0) is 12.8 Å². The lowest BCUT2D eigenvalue weighted by atomic mass is 10.1. The molecule has 0 fully saturated rings. The molecular formula is C26H24F2N2. The summed E-state index contributed by atoms with van der Waals surface area (Å²) in [7, 11) is 0. The van der Waals surface area contributed by atoms with Crippen molar-refractivity contribution in [1.82, 2.24) is 0 Å². The van der Waals surface area contributed by atoms with Gasteiger partial charge < -0.3 is 0 Å². The minimum absolute atomic E-state index is 0.204. The zero-order valence-corrected chi connectivity index (χ0v) is 17.3. The van der Waals surface area contributed by atoms with Crippen LogP contribution in [0.25, 0.3) is 0 Å². The molecule has 0 aliphatic carbocycles. The summed E-state index contributed by atoms with van der Waals surface area (Å²) < 4.78 is 28.3. The average molecular weight is 402 g/mol. The number of halogens is 2. The molecule has 0 radical (unpaired) electrons. The molecule has 0 aliphatic rings. The predicted octanol–water partition coefficient (Wildman–Crippen LogP) is 7.69. The summed E-state index contributed by atoms with van der Waals surface area (Å²) in [6.07, 6.45) is 3.63. The molecule has 0 saturated heterocycles. The Morgan fingerprint density at radius 1 is 0.667 bits per heavy atom. The summed E-state index contributed by atoms with van der Waals surface area (Å²) >= 11 is 0. The van der Waals surface area contributed by atoms with Gasteiger partial charge in [0.2, 0.25) is 0 Å². The van der Waals surface area contributed by atoms with Gasteiger partial charge in [-0.1, -0.05) is 50.7 Å². The molecule has 0 bridgehead atoms. The van der Waals surface area contributed by atoms with Crippen LogP contribution in [0.4, 0.5) is 20.2 Å². The molecule has 0 amide bonds. The van der Waals surface area contributed by atoms with Gasteiger partial charge in [-0.15, -0.1) is 0 Å². The van der Waals surface area contributed by atoms with Crippen molar-refractivity contribution in [3.63, 3.8) is 0 Å². The Hall–Kier alpha value is -3.32. The molecule has 0 aliphatic heterocycles. The Kier molecular flexibility index (Phi) is 7.45. The van der Waals surface area contributed by atoms with Gasteiger partial charge in [0.25, 0.3) is 0 Å². The molecular weight excluding hydrogens is 378 g/mol. The third-order valence-electron chi connectivity index (χ3n) is 4.60. The third kappa shape index (κ3) is 5.84. The largest absolute Gasteiger partial charge is 0.206 e. The molecule has 4 heteroatoms. The molecule has 3 aromatic carbocycles. The van der Waals surface area contributed by atoms with E-state index in [1.807, 2.05) is 19.1 Å². The van der Waals surface area contributed by atoms with Crippen LogP contribution >= 0.6 is 0 Å². The predicted molar refractivity (Wildman–Crippen MR) is 117 cm³/mol. The highest BCUT2D eigenvalue weighted by Gasteiger charge is 2.08. The topological polar surface area (TPSA) is 24.7 Å². The van der Waals surface area contributed by atoms with Crippen molar-refractivity contribution in [2.75, 3.05) is 0 Å². The van der Waals surface area contributed by atoms with E-state index in [0.29, 0.717) is 23.2 Å². The number of aryl methyl sites for hydroxylation is 2. The van der Waals surface area contributed by atoms with Gasteiger partial charge in [0.15, 0.2) is 0 Å². The fourth-order valence-electron chi connectivity index (χ4n) is 3.06. The molecule has 0 unspecified atom stereocenters. The normalized spacial score (nSPS) is 10.8. The summed E-state index contributed by atoms with van der Waals surface area (Å²) in [5.74, 6) is 4.17. The lowest BCUT2D eigenvalue weighted by Crippen LogP contribution is -1.94. The molecule has 0 spiro atoms. The van der Waals surface area contributed by atoms with Crippen LogP contribution in [0.5, 0.6) is 0 Å². The first kappa shape index (κ1) is 21.4. The molecule has 152 valence electrons. The first-order valence-electron chi connectivity index (χ1n) is 10.2. The lowest BCUT2D eigenvalue weighted by Gasteiger charge is -2.02. The van der Waals surface area contributed by atoms with Gasteiger partial charge >= 0.3 is 0 Å². The maximum absolute atomic E-state index is 14.2. The van der Waals surface area contributed by atoms with Crippen molar-refractivity contribution in [2.45, 2.75) is 39.5 Å². The monoisotopic (exact) mass is 402 g/mol. The average Bonchev–Trinajstić information content (AvgIpc) is 2.74. The van der Waals surface area contributed by atoms with Gasteiger partial charge in [0, 0.05) is 5.56 Å². The van der Waals surface area contributed by atoms with E-state index >= 15 is 0 Å². The Balaban J connectivity index is 1.70. The van der Waals surface area contributed by atoms with Crippen LogP contribution in [0.2, 0.25) is 0 Å². The second-order valence-corrected chi connectivity index (χ2v) is 7.10.